The van der Waals surface area contributed by atoms with Crippen LogP contribution in [0.4, 0.5) is 14.5 Å². The quantitative estimate of drug-likeness (QED) is 0.869. The third-order valence-electron chi connectivity index (χ3n) is 3.07. The second-order valence-corrected chi connectivity index (χ2v) is 4.50. The number of carbonyl (C=O) groups excluding carboxylic acids is 1. The number of amides is 1. The van der Waals surface area contributed by atoms with E-state index in [0.29, 0.717) is 0 Å². The van der Waals surface area contributed by atoms with Crippen LogP contribution >= 0.6 is 0 Å². The van der Waals surface area contributed by atoms with Gasteiger partial charge in [-0.05, 0) is 31.5 Å². The van der Waals surface area contributed by atoms with Crippen LogP contribution < -0.4 is 10.6 Å². The number of para-hydroxylation sites is 1. The Bertz CT molecular complexity index is 411. The standard InChI is InChI=1S/C13H16F2N2O/c14-10-5-3-6-11(15)13(10)17-12(18)8-9-4-1-2-7-16-9/h3,5-6,9,16H,1-2,4,7-8H2,(H,17,18). The van der Waals surface area contributed by atoms with Crippen molar-refractivity contribution in [2.24, 2.45) is 0 Å². The molecule has 0 spiro atoms. The van der Waals surface area contributed by atoms with E-state index in [4.69, 9.17) is 0 Å². The van der Waals surface area contributed by atoms with Crippen LogP contribution in [0.2, 0.25) is 0 Å². The van der Waals surface area contributed by atoms with Crippen molar-refractivity contribution in [2.45, 2.75) is 31.7 Å². The summed E-state index contributed by atoms with van der Waals surface area (Å²) in [4.78, 5) is 11.7. The van der Waals surface area contributed by atoms with Crippen molar-refractivity contribution in [3.8, 4) is 0 Å². The van der Waals surface area contributed by atoms with Crippen LogP contribution in [0, 0.1) is 11.6 Å². The molecule has 1 heterocycles. The molecular formula is C13H16F2N2O. The summed E-state index contributed by atoms with van der Waals surface area (Å²) in [7, 11) is 0. The maximum absolute atomic E-state index is 13.3. The molecule has 1 aromatic carbocycles. The number of hydrogen-bond donors (Lipinski definition) is 2. The lowest BCUT2D eigenvalue weighted by molar-refractivity contribution is -0.116. The molecule has 1 amide bonds. The number of piperidine rings is 1. The molecule has 0 radical (unpaired) electrons. The Labute approximate surface area is 105 Å². The molecular weight excluding hydrogens is 238 g/mol. The van der Waals surface area contributed by atoms with E-state index in [2.05, 4.69) is 10.6 Å². The monoisotopic (exact) mass is 254 g/mol. The van der Waals surface area contributed by atoms with Gasteiger partial charge in [-0.2, -0.15) is 0 Å². The maximum Gasteiger partial charge on any atom is 0.226 e. The van der Waals surface area contributed by atoms with Gasteiger partial charge in [0.1, 0.15) is 17.3 Å². The average molecular weight is 254 g/mol. The Morgan fingerprint density at radius 2 is 2.06 bits per heavy atom. The summed E-state index contributed by atoms with van der Waals surface area (Å²) in [5, 5.41) is 5.51. The van der Waals surface area contributed by atoms with Crippen molar-refractivity contribution in [2.75, 3.05) is 11.9 Å². The van der Waals surface area contributed by atoms with Gasteiger partial charge in [-0.3, -0.25) is 4.79 Å². The normalized spacial score (nSPS) is 19.6. The fraction of sp³-hybridized carbons (Fsp3) is 0.462. The van der Waals surface area contributed by atoms with Crippen molar-refractivity contribution in [1.82, 2.24) is 5.32 Å². The predicted molar refractivity (Wildman–Crippen MR) is 65.2 cm³/mol. The van der Waals surface area contributed by atoms with Crippen LogP contribution in [0.1, 0.15) is 25.7 Å². The van der Waals surface area contributed by atoms with Crippen molar-refractivity contribution < 1.29 is 13.6 Å². The van der Waals surface area contributed by atoms with Gasteiger partial charge < -0.3 is 10.6 Å². The summed E-state index contributed by atoms with van der Waals surface area (Å²) in [6.45, 7) is 0.895. The maximum atomic E-state index is 13.3. The third-order valence-corrected chi connectivity index (χ3v) is 3.07. The second-order valence-electron chi connectivity index (χ2n) is 4.50. The lowest BCUT2D eigenvalue weighted by Crippen LogP contribution is -2.37. The number of carbonyl (C=O) groups is 1. The van der Waals surface area contributed by atoms with Crippen molar-refractivity contribution in [3.63, 3.8) is 0 Å². The average Bonchev–Trinajstić information content (AvgIpc) is 2.35. The number of hydrogen-bond acceptors (Lipinski definition) is 2. The minimum Gasteiger partial charge on any atom is -0.321 e. The molecule has 0 saturated carbocycles. The minimum atomic E-state index is -0.750. The molecule has 1 saturated heterocycles. The lowest BCUT2D eigenvalue weighted by atomic mass is 10.0. The first-order valence-electron chi connectivity index (χ1n) is 6.14. The van der Waals surface area contributed by atoms with Crippen molar-refractivity contribution >= 4 is 11.6 Å². The molecule has 0 bridgehead atoms. The summed E-state index contributed by atoms with van der Waals surface area (Å²) in [5.74, 6) is -1.86. The van der Waals surface area contributed by atoms with Crippen LogP contribution in [-0.4, -0.2) is 18.5 Å². The number of nitrogens with one attached hydrogen (secondary N) is 2. The second kappa shape index (κ2) is 5.91. The number of rotatable bonds is 3. The van der Waals surface area contributed by atoms with Gasteiger partial charge in [-0.15, -0.1) is 0 Å². The molecule has 5 heteroatoms. The Hall–Kier alpha value is -1.49. The first-order chi connectivity index (χ1) is 8.66. The van der Waals surface area contributed by atoms with E-state index in [1.807, 2.05) is 0 Å². The van der Waals surface area contributed by atoms with Gasteiger partial charge in [0.05, 0.1) is 0 Å². The van der Waals surface area contributed by atoms with Gasteiger partial charge in [0, 0.05) is 12.5 Å². The van der Waals surface area contributed by atoms with Crippen LogP contribution in [0.15, 0.2) is 18.2 Å². The topological polar surface area (TPSA) is 41.1 Å². The first-order valence-corrected chi connectivity index (χ1v) is 6.14. The van der Waals surface area contributed by atoms with Crippen LogP contribution in [0.25, 0.3) is 0 Å². The molecule has 1 aromatic rings. The third kappa shape index (κ3) is 3.26. The molecule has 2 rings (SSSR count). The molecule has 3 nitrogen and oxygen atoms in total. The van der Waals surface area contributed by atoms with Crippen LogP contribution in [-0.2, 0) is 4.79 Å². The minimum absolute atomic E-state index is 0.105. The van der Waals surface area contributed by atoms with Gasteiger partial charge in [0.15, 0.2) is 0 Å². The Morgan fingerprint density at radius 3 is 2.67 bits per heavy atom. The van der Waals surface area contributed by atoms with Crippen LogP contribution in [0.5, 0.6) is 0 Å². The SMILES string of the molecule is O=C(CC1CCCCN1)Nc1c(F)cccc1F. The van der Waals surface area contributed by atoms with Gasteiger partial charge in [0.2, 0.25) is 5.91 Å². The summed E-state index contributed by atoms with van der Waals surface area (Å²) in [5.41, 5.74) is -0.363. The fourth-order valence-corrected chi connectivity index (χ4v) is 2.13. The number of halogens is 2. The smallest absolute Gasteiger partial charge is 0.226 e. The zero-order valence-corrected chi connectivity index (χ0v) is 10.0. The Kier molecular flexibility index (Phi) is 4.25. The molecule has 1 aliphatic heterocycles. The fourth-order valence-electron chi connectivity index (χ4n) is 2.13. The first kappa shape index (κ1) is 13.0. The zero-order valence-electron chi connectivity index (χ0n) is 10.0. The lowest BCUT2D eigenvalue weighted by Gasteiger charge is -2.22. The zero-order chi connectivity index (χ0) is 13.0. The van der Waals surface area contributed by atoms with E-state index in [1.54, 1.807) is 0 Å². The van der Waals surface area contributed by atoms with E-state index in [-0.39, 0.29) is 24.1 Å². The highest BCUT2D eigenvalue weighted by Gasteiger charge is 2.18. The molecule has 1 aliphatic rings. The van der Waals surface area contributed by atoms with E-state index in [1.165, 1.54) is 6.07 Å². The van der Waals surface area contributed by atoms with Crippen molar-refractivity contribution in [1.29, 1.82) is 0 Å². The van der Waals surface area contributed by atoms with Crippen LogP contribution in [0.3, 0.4) is 0 Å². The molecule has 18 heavy (non-hydrogen) atoms. The molecule has 1 unspecified atom stereocenters. The molecule has 0 aliphatic carbocycles. The Balaban J connectivity index is 1.94. The largest absolute Gasteiger partial charge is 0.321 e. The molecule has 0 aromatic heterocycles. The highest BCUT2D eigenvalue weighted by molar-refractivity contribution is 5.91. The van der Waals surface area contributed by atoms with E-state index in [0.717, 1.165) is 37.9 Å². The van der Waals surface area contributed by atoms with E-state index >= 15 is 0 Å². The van der Waals surface area contributed by atoms with Gasteiger partial charge >= 0.3 is 0 Å². The van der Waals surface area contributed by atoms with Gasteiger partial charge in [0.25, 0.3) is 0 Å². The molecule has 98 valence electrons. The highest BCUT2D eigenvalue weighted by Crippen LogP contribution is 2.19. The van der Waals surface area contributed by atoms with Gasteiger partial charge in [-0.25, -0.2) is 8.78 Å². The Morgan fingerprint density at radius 1 is 1.33 bits per heavy atom. The van der Waals surface area contributed by atoms with Gasteiger partial charge in [-0.1, -0.05) is 12.5 Å². The summed E-state index contributed by atoms with van der Waals surface area (Å²) in [6, 6.07) is 3.62. The molecule has 1 fully saturated rings. The predicted octanol–water partition coefficient (Wildman–Crippen LogP) is 2.44. The van der Waals surface area contributed by atoms with E-state index in [9.17, 15) is 13.6 Å². The molecule has 1 atom stereocenters. The summed E-state index contributed by atoms with van der Waals surface area (Å²) >= 11 is 0. The van der Waals surface area contributed by atoms with Crippen molar-refractivity contribution in [3.05, 3.63) is 29.8 Å². The summed E-state index contributed by atoms with van der Waals surface area (Å²) in [6.07, 6.45) is 3.36. The summed E-state index contributed by atoms with van der Waals surface area (Å²) < 4.78 is 26.6. The highest BCUT2D eigenvalue weighted by atomic mass is 19.1. The van der Waals surface area contributed by atoms with E-state index < -0.39 is 11.6 Å². The molecule has 2 N–H and O–H groups in total. The number of benzene rings is 1. The number of anilines is 1.